The van der Waals surface area contributed by atoms with Crippen LogP contribution in [0.5, 0.6) is 5.75 Å². The molecule has 0 atom stereocenters. The van der Waals surface area contributed by atoms with E-state index < -0.39 is 0 Å². The van der Waals surface area contributed by atoms with E-state index in [1.165, 1.54) is 0 Å². The number of carbonyl (C=O) groups is 1. The van der Waals surface area contributed by atoms with Crippen LogP contribution in [-0.2, 0) is 0 Å². The number of aromatic nitrogens is 2. The predicted molar refractivity (Wildman–Crippen MR) is 118 cm³/mol. The third kappa shape index (κ3) is 4.33. The van der Waals surface area contributed by atoms with Gasteiger partial charge in [-0.15, -0.1) is 0 Å². The van der Waals surface area contributed by atoms with E-state index >= 15 is 0 Å². The molecule has 3 heterocycles. The largest absolute Gasteiger partial charge is 0.497 e. The van der Waals surface area contributed by atoms with E-state index in [4.69, 9.17) is 4.74 Å². The van der Waals surface area contributed by atoms with Crippen molar-refractivity contribution in [3.8, 4) is 5.75 Å². The average Bonchev–Trinajstić information content (AvgIpc) is 2.79. The van der Waals surface area contributed by atoms with Crippen LogP contribution in [0.2, 0.25) is 0 Å². The van der Waals surface area contributed by atoms with Gasteiger partial charge in [0, 0.05) is 64.2 Å². The summed E-state index contributed by atoms with van der Waals surface area (Å²) in [5.74, 6) is 1.59. The Kier molecular flexibility index (Phi) is 6.03. The summed E-state index contributed by atoms with van der Waals surface area (Å²) in [7, 11) is 3.79. The first-order valence-electron chi connectivity index (χ1n) is 10.5. The molecule has 1 aromatic heterocycles. The summed E-state index contributed by atoms with van der Waals surface area (Å²) < 4.78 is 5.23. The van der Waals surface area contributed by atoms with Gasteiger partial charge in [-0.3, -0.25) is 4.79 Å². The van der Waals surface area contributed by atoms with Gasteiger partial charge in [0.1, 0.15) is 5.75 Å². The molecular weight excluding hydrogens is 380 g/mol. The average molecular weight is 411 g/mol. The minimum atomic E-state index is 0.0202. The fourth-order valence-corrected chi connectivity index (χ4v) is 3.95. The normalized spacial score (nSPS) is 17.9. The highest BCUT2D eigenvalue weighted by molar-refractivity contribution is 5.95. The number of methoxy groups -OCH3 is 1. The van der Waals surface area contributed by atoms with E-state index in [-0.39, 0.29) is 5.91 Å². The number of benzene rings is 1. The number of anilines is 2. The van der Waals surface area contributed by atoms with E-state index in [0.29, 0.717) is 18.7 Å². The van der Waals surface area contributed by atoms with Crippen molar-refractivity contribution in [3.05, 3.63) is 41.7 Å². The van der Waals surface area contributed by atoms with Crippen molar-refractivity contribution in [1.82, 2.24) is 19.8 Å². The topological polar surface area (TPSA) is 65.0 Å². The molecule has 1 aromatic carbocycles. The highest BCUT2D eigenvalue weighted by Crippen LogP contribution is 2.21. The first kappa shape index (κ1) is 20.4. The van der Waals surface area contributed by atoms with Crippen molar-refractivity contribution in [3.63, 3.8) is 0 Å². The van der Waals surface area contributed by atoms with Gasteiger partial charge >= 0.3 is 0 Å². The minimum absolute atomic E-state index is 0.0202. The van der Waals surface area contributed by atoms with Crippen LogP contribution >= 0.6 is 0 Å². The Labute approximate surface area is 178 Å². The lowest BCUT2D eigenvalue weighted by molar-refractivity contribution is 0.0745. The standard InChI is InChI=1S/C22H30N6O2/c1-17-20(16-23-22(24-17)28-10-8-25(2)9-11-28)21(29)27-14-12-26(13-15-27)18-4-6-19(30-3)7-5-18/h4-7,16H,8-15H2,1-3H3. The number of rotatable bonds is 4. The zero-order valence-electron chi connectivity index (χ0n) is 18.0. The summed E-state index contributed by atoms with van der Waals surface area (Å²) >= 11 is 0. The number of carbonyl (C=O) groups excluding carboxylic acids is 1. The maximum Gasteiger partial charge on any atom is 0.257 e. The van der Waals surface area contributed by atoms with Crippen LogP contribution in [0, 0.1) is 6.92 Å². The Morgan fingerprint density at radius 2 is 1.57 bits per heavy atom. The quantitative estimate of drug-likeness (QED) is 0.757. The molecule has 2 fully saturated rings. The predicted octanol–water partition coefficient (Wildman–Crippen LogP) is 1.51. The second-order valence-electron chi connectivity index (χ2n) is 7.94. The molecular formula is C22H30N6O2. The molecule has 1 amide bonds. The van der Waals surface area contributed by atoms with Gasteiger partial charge in [-0.2, -0.15) is 0 Å². The number of aryl methyl sites for hydroxylation is 1. The minimum Gasteiger partial charge on any atom is -0.497 e. The maximum absolute atomic E-state index is 13.1. The van der Waals surface area contributed by atoms with Crippen LogP contribution in [-0.4, -0.2) is 92.2 Å². The van der Waals surface area contributed by atoms with E-state index in [1.54, 1.807) is 13.3 Å². The van der Waals surface area contributed by atoms with Gasteiger partial charge < -0.3 is 24.3 Å². The van der Waals surface area contributed by atoms with Crippen LogP contribution in [0.15, 0.2) is 30.5 Å². The molecule has 160 valence electrons. The summed E-state index contributed by atoms with van der Waals surface area (Å²) in [6.07, 6.45) is 1.70. The lowest BCUT2D eigenvalue weighted by atomic mass is 10.2. The van der Waals surface area contributed by atoms with Crippen molar-refractivity contribution >= 4 is 17.5 Å². The van der Waals surface area contributed by atoms with Gasteiger partial charge in [0.05, 0.1) is 18.4 Å². The Bertz CT molecular complexity index is 872. The molecule has 2 aliphatic heterocycles. The van der Waals surface area contributed by atoms with Gasteiger partial charge in [0.25, 0.3) is 5.91 Å². The molecule has 2 saturated heterocycles. The van der Waals surface area contributed by atoms with Crippen molar-refractivity contribution in [2.24, 2.45) is 0 Å². The van der Waals surface area contributed by atoms with Crippen LogP contribution in [0.1, 0.15) is 16.1 Å². The molecule has 0 aliphatic carbocycles. The molecule has 0 spiro atoms. The van der Waals surface area contributed by atoms with Gasteiger partial charge in [-0.05, 0) is 38.2 Å². The van der Waals surface area contributed by atoms with Crippen molar-refractivity contribution < 1.29 is 9.53 Å². The van der Waals surface area contributed by atoms with E-state index in [1.807, 2.05) is 24.0 Å². The van der Waals surface area contributed by atoms with E-state index in [2.05, 4.69) is 43.8 Å². The molecule has 2 aliphatic rings. The summed E-state index contributed by atoms with van der Waals surface area (Å²) in [5.41, 5.74) is 2.51. The Balaban J connectivity index is 1.37. The van der Waals surface area contributed by atoms with Gasteiger partial charge in [0.2, 0.25) is 5.95 Å². The second kappa shape index (κ2) is 8.87. The van der Waals surface area contributed by atoms with Gasteiger partial charge in [-0.1, -0.05) is 0 Å². The van der Waals surface area contributed by atoms with Crippen LogP contribution in [0.3, 0.4) is 0 Å². The lowest BCUT2D eigenvalue weighted by Gasteiger charge is -2.36. The fourth-order valence-electron chi connectivity index (χ4n) is 3.95. The molecule has 8 nitrogen and oxygen atoms in total. The zero-order chi connectivity index (χ0) is 21.1. The first-order valence-corrected chi connectivity index (χ1v) is 10.5. The Morgan fingerprint density at radius 3 is 2.17 bits per heavy atom. The van der Waals surface area contributed by atoms with E-state index in [9.17, 15) is 4.79 Å². The number of hydrogen-bond acceptors (Lipinski definition) is 7. The third-order valence-corrected chi connectivity index (χ3v) is 5.99. The van der Waals surface area contributed by atoms with Crippen molar-refractivity contribution in [2.75, 3.05) is 76.3 Å². The molecule has 0 unspecified atom stereocenters. The highest BCUT2D eigenvalue weighted by Gasteiger charge is 2.25. The molecule has 8 heteroatoms. The summed E-state index contributed by atoms with van der Waals surface area (Å²) in [6, 6.07) is 8.06. The van der Waals surface area contributed by atoms with Gasteiger partial charge in [-0.25, -0.2) is 9.97 Å². The summed E-state index contributed by atoms with van der Waals surface area (Å²) in [4.78, 5) is 30.9. The zero-order valence-corrected chi connectivity index (χ0v) is 18.0. The number of likely N-dealkylation sites (N-methyl/N-ethyl adjacent to an activating group) is 1. The molecule has 0 radical (unpaired) electrons. The van der Waals surface area contributed by atoms with Gasteiger partial charge in [0.15, 0.2) is 0 Å². The number of nitrogens with zero attached hydrogens (tertiary/aromatic N) is 6. The highest BCUT2D eigenvalue weighted by atomic mass is 16.5. The first-order chi connectivity index (χ1) is 14.5. The molecule has 4 rings (SSSR count). The van der Waals surface area contributed by atoms with Crippen LogP contribution in [0.4, 0.5) is 11.6 Å². The summed E-state index contributed by atoms with van der Waals surface area (Å²) in [6.45, 7) is 8.71. The number of piperazine rings is 2. The summed E-state index contributed by atoms with van der Waals surface area (Å²) in [5, 5.41) is 0. The molecule has 2 aromatic rings. The molecule has 30 heavy (non-hydrogen) atoms. The van der Waals surface area contributed by atoms with Crippen molar-refractivity contribution in [1.29, 1.82) is 0 Å². The van der Waals surface area contributed by atoms with Crippen LogP contribution in [0.25, 0.3) is 0 Å². The third-order valence-electron chi connectivity index (χ3n) is 5.99. The fraction of sp³-hybridized carbons (Fsp3) is 0.500. The number of amides is 1. The maximum atomic E-state index is 13.1. The molecule has 0 N–H and O–H groups in total. The monoisotopic (exact) mass is 410 g/mol. The van der Waals surface area contributed by atoms with E-state index in [0.717, 1.165) is 62.3 Å². The SMILES string of the molecule is COc1ccc(N2CCN(C(=O)c3cnc(N4CCN(C)CC4)nc3C)CC2)cc1. The molecule has 0 saturated carbocycles. The Morgan fingerprint density at radius 1 is 0.933 bits per heavy atom. The second-order valence-corrected chi connectivity index (χ2v) is 7.94. The Hall–Kier alpha value is -2.87. The van der Waals surface area contributed by atoms with Crippen LogP contribution < -0.4 is 14.5 Å². The number of hydrogen-bond donors (Lipinski definition) is 0. The lowest BCUT2D eigenvalue weighted by Crippen LogP contribution is -2.49. The smallest absolute Gasteiger partial charge is 0.257 e. The van der Waals surface area contributed by atoms with Crippen molar-refractivity contribution in [2.45, 2.75) is 6.92 Å². The number of ether oxygens (including phenoxy) is 1. The molecule has 0 bridgehead atoms.